The molecule has 0 spiro atoms. The normalized spacial score (nSPS) is 11.5. The van der Waals surface area contributed by atoms with Crippen LogP contribution in [0.25, 0.3) is 0 Å². The molecule has 0 bridgehead atoms. The van der Waals surface area contributed by atoms with Crippen molar-refractivity contribution >= 4 is 17.5 Å². The van der Waals surface area contributed by atoms with E-state index >= 15 is 0 Å². The van der Waals surface area contributed by atoms with E-state index in [1.807, 2.05) is 38.1 Å². The molecule has 0 radical (unpaired) electrons. The number of unbranched alkanes of at least 4 members (excludes halogenated alkanes) is 1. The smallest absolute Gasteiger partial charge is 0.265 e. The Morgan fingerprint density at radius 2 is 1.67 bits per heavy atom. The van der Waals surface area contributed by atoms with E-state index in [4.69, 9.17) is 4.74 Å². The first kappa shape index (κ1) is 20.5. The van der Waals surface area contributed by atoms with Crippen molar-refractivity contribution < 1.29 is 14.3 Å². The lowest BCUT2D eigenvalue weighted by molar-refractivity contribution is -0.122. The number of rotatable bonds is 9. The molecule has 144 valence electrons. The topological polar surface area (TPSA) is 67.4 Å². The van der Waals surface area contributed by atoms with E-state index in [1.165, 1.54) is 0 Å². The summed E-state index contributed by atoms with van der Waals surface area (Å²) in [6.45, 7) is 6.65. The summed E-state index contributed by atoms with van der Waals surface area (Å²) in [4.78, 5) is 24.5. The zero-order chi connectivity index (χ0) is 19.6. The fourth-order valence-electron chi connectivity index (χ4n) is 2.51. The van der Waals surface area contributed by atoms with Gasteiger partial charge in [-0.2, -0.15) is 0 Å². The second-order valence-corrected chi connectivity index (χ2v) is 6.50. The van der Waals surface area contributed by atoms with Crippen molar-refractivity contribution in [3.05, 3.63) is 59.7 Å². The Balaban J connectivity index is 1.93. The van der Waals surface area contributed by atoms with Crippen LogP contribution in [0.1, 0.15) is 49.0 Å². The van der Waals surface area contributed by atoms with Gasteiger partial charge < -0.3 is 15.4 Å². The summed E-state index contributed by atoms with van der Waals surface area (Å²) in [7, 11) is 0. The van der Waals surface area contributed by atoms with Crippen LogP contribution in [0.5, 0.6) is 5.75 Å². The summed E-state index contributed by atoms with van der Waals surface area (Å²) >= 11 is 0. The first-order chi connectivity index (χ1) is 13.0. The highest BCUT2D eigenvalue weighted by atomic mass is 16.5. The summed E-state index contributed by atoms with van der Waals surface area (Å²) in [6, 6.07) is 14.5. The molecule has 2 N–H and O–H groups in total. The van der Waals surface area contributed by atoms with Crippen LogP contribution in [0, 0.1) is 6.92 Å². The molecule has 2 rings (SSSR count). The molecule has 0 aromatic heterocycles. The van der Waals surface area contributed by atoms with Crippen LogP contribution in [0.15, 0.2) is 48.5 Å². The first-order valence-electron chi connectivity index (χ1n) is 9.46. The van der Waals surface area contributed by atoms with Crippen LogP contribution in [0.3, 0.4) is 0 Å². The van der Waals surface area contributed by atoms with Crippen molar-refractivity contribution in [3.8, 4) is 5.75 Å². The molecule has 2 aromatic rings. The van der Waals surface area contributed by atoms with Gasteiger partial charge in [-0.15, -0.1) is 0 Å². The predicted octanol–water partition coefficient (Wildman–Crippen LogP) is 4.32. The van der Waals surface area contributed by atoms with Crippen molar-refractivity contribution in [2.24, 2.45) is 0 Å². The number of carbonyl (C=O) groups excluding carboxylic acids is 2. The van der Waals surface area contributed by atoms with Gasteiger partial charge in [0, 0.05) is 17.8 Å². The molecule has 0 heterocycles. The van der Waals surface area contributed by atoms with Gasteiger partial charge in [0.05, 0.1) is 0 Å². The quantitative estimate of drug-likeness (QED) is 0.648. The van der Waals surface area contributed by atoms with Gasteiger partial charge in [-0.3, -0.25) is 9.59 Å². The molecule has 1 atom stereocenters. The highest BCUT2D eigenvalue weighted by Crippen LogP contribution is 2.16. The van der Waals surface area contributed by atoms with Gasteiger partial charge in [0.25, 0.3) is 11.8 Å². The SMILES string of the molecule is CCCCNC(=O)c1ccc(NC(=O)C(CC)Oc2ccc(C)cc2)cc1. The van der Waals surface area contributed by atoms with E-state index in [0.29, 0.717) is 30.0 Å². The van der Waals surface area contributed by atoms with Gasteiger partial charge in [-0.05, 0) is 56.2 Å². The minimum atomic E-state index is -0.579. The number of carbonyl (C=O) groups is 2. The van der Waals surface area contributed by atoms with Crippen molar-refractivity contribution in [3.63, 3.8) is 0 Å². The number of ether oxygens (including phenoxy) is 1. The fourth-order valence-corrected chi connectivity index (χ4v) is 2.51. The summed E-state index contributed by atoms with van der Waals surface area (Å²) in [5.74, 6) is 0.357. The fraction of sp³-hybridized carbons (Fsp3) is 0.364. The third kappa shape index (κ3) is 6.44. The van der Waals surface area contributed by atoms with Gasteiger partial charge in [0.1, 0.15) is 5.75 Å². The summed E-state index contributed by atoms with van der Waals surface area (Å²) < 4.78 is 5.79. The van der Waals surface area contributed by atoms with Crippen LogP contribution in [-0.2, 0) is 4.79 Å². The minimum absolute atomic E-state index is 0.101. The Morgan fingerprint density at radius 3 is 2.26 bits per heavy atom. The molecule has 0 aliphatic heterocycles. The monoisotopic (exact) mass is 368 g/mol. The Hall–Kier alpha value is -2.82. The minimum Gasteiger partial charge on any atom is -0.481 e. The zero-order valence-electron chi connectivity index (χ0n) is 16.2. The van der Waals surface area contributed by atoms with E-state index in [9.17, 15) is 9.59 Å². The third-order valence-electron chi connectivity index (χ3n) is 4.19. The molecule has 0 fully saturated rings. The van der Waals surface area contributed by atoms with Crippen molar-refractivity contribution in [1.29, 1.82) is 0 Å². The molecule has 0 saturated heterocycles. The molecular formula is C22H28N2O3. The Kier molecular flexibility index (Phi) is 7.86. The average molecular weight is 368 g/mol. The summed E-state index contributed by atoms with van der Waals surface area (Å²) in [5.41, 5.74) is 2.35. The van der Waals surface area contributed by atoms with E-state index in [1.54, 1.807) is 24.3 Å². The van der Waals surface area contributed by atoms with Gasteiger partial charge in [-0.1, -0.05) is 38.0 Å². The summed E-state index contributed by atoms with van der Waals surface area (Å²) in [6.07, 6.45) is 1.97. The Labute approximate surface area is 161 Å². The third-order valence-corrected chi connectivity index (χ3v) is 4.19. The number of aryl methyl sites for hydroxylation is 1. The maximum atomic E-state index is 12.5. The number of hydrogen-bond acceptors (Lipinski definition) is 3. The van der Waals surface area contributed by atoms with Crippen LogP contribution in [0.2, 0.25) is 0 Å². The largest absolute Gasteiger partial charge is 0.481 e. The first-order valence-corrected chi connectivity index (χ1v) is 9.46. The number of amides is 2. The number of benzene rings is 2. The van der Waals surface area contributed by atoms with Crippen LogP contribution >= 0.6 is 0 Å². The molecule has 5 nitrogen and oxygen atoms in total. The molecule has 1 unspecified atom stereocenters. The highest BCUT2D eigenvalue weighted by Gasteiger charge is 2.18. The lowest BCUT2D eigenvalue weighted by Gasteiger charge is -2.17. The van der Waals surface area contributed by atoms with Crippen molar-refractivity contribution in [1.82, 2.24) is 5.32 Å². The lowest BCUT2D eigenvalue weighted by atomic mass is 10.1. The number of nitrogens with one attached hydrogen (secondary N) is 2. The van der Waals surface area contributed by atoms with Gasteiger partial charge in [0.15, 0.2) is 6.10 Å². The highest BCUT2D eigenvalue weighted by molar-refractivity contribution is 5.96. The maximum Gasteiger partial charge on any atom is 0.265 e. The average Bonchev–Trinajstić information content (AvgIpc) is 2.68. The standard InChI is InChI=1S/C22H28N2O3/c1-4-6-15-23-21(25)17-9-11-18(12-10-17)24-22(26)20(5-2)27-19-13-7-16(3)8-14-19/h7-14,20H,4-6,15H2,1-3H3,(H,23,25)(H,24,26). The molecule has 2 amide bonds. The molecule has 0 aliphatic carbocycles. The summed E-state index contributed by atoms with van der Waals surface area (Å²) in [5, 5.41) is 5.72. The van der Waals surface area contributed by atoms with E-state index < -0.39 is 6.10 Å². The zero-order valence-corrected chi connectivity index (χ0v) is 16.2. The van der Waals surface area contributed by atoms with E-state index in [-0.39, 0.29) is 11.8 Å². The molecule has 0 aliphatic rings. The van der Waals surface area contributed by atoms with E-state index in [0.717, 1.165) is 18.4 Å². The molecular weight excluding hydrogens is 340 g/mol. The predicted molar refractivity (Wildman–Crippen MR) is 108 cm³/mol. The van der Waals surface area contributed by atoms with E-state index in [2.05, 4.69) is 17.6 Å². The molecule has 2 aromatic carbocycles. The molecule has 5 heteroatoms. The van der Waals surface area contributed by atoms with Crippen LogP contribution < -0.4 is 15.4 Å². The number of hydrogen-bond donors (Lipinski definition) is 2. The van der Waals surface area contributed by atoms with Gasteiger partial charge in [0.2, 0.25) is 0 Å². The second-order valence-electron chi connectivity index (χ2n) is 6.50. The van der Waals surface area contributed by atoms with Gasteiger partial charge in [-0.25, -0.2) is 0 Å². The van der Waals surface area contributed by atoms with Gasteiger partial charge >= 0.3 is 0 Å². The van der Waals surface area contributed by atoms with Crippen LogP contribution in [-0.4, -0.2) is 24.5 Å². The Bertz CT molecular complexity index is 739. The Morgan fingerprint density at radius 1 is 1.00 bits per heavy atom. The van der Waals surface area contributed by atoms with Crippen molar-refractivity contribution in [2.75, 3.05) is 11.9 Å². The lowest BCUT2D eigenvalue weighted by Crippen LogP contribution is -2.32. The second kappa shape index (κ2) is 10.4. The van der Waals surface area contributed by atoms with Crippen LogP contribution in [0.4, 0.5) is 5.69 Å². The molecule has 27 heavy (non-hydrogen) atoms. The van der Waals surface area contributed by atoms with Crippen molar-refractivity contribution in [2.45, 2.75) is 46.1 Å². The maximum absolute atomic E-state index is 12.5. The molecule has 0 saturated carbocycles. The number of anilines is 1.